The van der Waals surface area contributed by atoms with Gasteiger partial charge in [0.15, 0.2) is 0 Å². The third-order valence-corrected chi connectivity index (χ3v) is 5.15. The molecule has 1 radical (unpaired) electrons. The van der Waals surface area contributed by atoms with Gasteiger partial charge in [-0.05, 0) is 12.3 Å². The van der Waals surface area contributed by atoms with Crippen molar-refractivity contribution in [2.24, 2.45) is 5.92 Å². The number of halogens is 2. The van der Waals surface area contributed by atoms with E-state index in [1.165, 1.54) is 12.8 Å². The van der Waals surface area contributed by atoms with E-state index < -0.39 is 0 Å². The molecule has 2 atom stereocenters. The first-order chi connectivity index (χ1) is 4.22. The Bertz CT molecular complexity index is 63.9. The lowest BCUT2D eigenvalue weighted by atomic mass is 10.0. The molecule has 0 bridgehead atoms. The fourth-order valence-corrected chi connectivity index (χ4v) is 1.81. The molecule has 0 spiro atoms. The zero-order valence-electron chi connectivity index (χ0n) is 5.90. The first-order valence-electron chi connectivity index (χ1n) is 3.30. The van der Waals surface area contributed by atoms with Crippen LogP contribution < -0.4 is 0 Å². The summed E-state index contributed by atoms with van der Waals surface area (Å²) in [6.07, 6.45) is 2.66. The van der Waals surface area contributed by atoms with E-state index in [1.807, 2.05) is 0 Å². The maximum Gasteiger partial charge on any atom is 0.0358 e. The van der Waals surface area contributed by atoms with Crippen LogP contribution in [0, 0.1) is 10.3 Å². The van der Waals surface area contributed by atoms with Crippen molar-refractivity contribution in [2.45, 2.75) is 30.6 Å². The summed E-state index contributed by atoms with van der Waals surface area (Å²) in [6, 6.07) is 0. The zero-order valence-corrected chi connectivity index (χ0v) is 10.2. The van der Waals surface area contributed by atoms with Crippen LogP contribution in [0.2, 0.25) is 0 Å². The van der Waals surface area contributed by atoms with Crippen molar-refractivity contribution in [3.63, 3.8) is 0 Å². The predicted octanol–water partition coefficient (Wildman–Crippen LogP) is 3.82. The lowest BCUT2D eigenvalue weighted by Gasteiger charge is -2.13. The fraction of sp³-hybridized carbons (Fsp3) is 0.857. The average Bonchev–Trinajstić information content (AvgIpc) is 1.87. The third kappa shape index (κ3) is 4.81. The van der Waals surface area contributed by atoms with E-state index in [0.717, 1.165) is 9.84 Å². The van der Waals surface area contributed by atoms with Crippen LogP contribution in [-0.4, -0.2) is 3.92 Å². The Morgan fingerprint density at radius 2 is 2.11 bits per heavy atom. The van der Waals surface area contributed by atoms with E-state index >= 15 is 0 Å². The van der Waals surface area contributed by atoms with E-state index in [4.69, 9.17) is 0 Å². The Labute approximate surface area is 85.5 Å². The van der Waals surface area contributed by atoms with Gasteiger partial charge in [0.2, 0.25) is 0 Å². The molecule has 0 aliphatic heterocycles. The molecule has 2 unspecified atom stereocenters. The molecule has 0 N–H and O–H groups in total. The van der Waals surface area contributed by atoms with Crippen LogP contribution >= 0.6 is 45.2 Å². The number of hydrogen-bond acceptors (Lipinski definition) is 0. The van der Waals surface area contributed by atoms with Crippen molar-refractivity contribution in [1.82, 2.24) is 0 Å². The highest BCUT2D eigenvalue weighted by molar-refractivity contribution is 14.1. The van der Waals surface area contributed by atoms with Crippen LogP contribution in [-0.2, 0) is 0 Å². The Morgan fingerprint density at radius 1 is 1.56 bits per heavy atom. The van der Waals surface area contributed by atoms with Gasteiger partial charge in [0.1, 0.15) is 0 Å². The van der Waals surface area contributed by atoms with E-state index in [2.05, 4.69) is 63.5 Å². The van der Waals surface area contributed by atoms with E-state index in [-0.39, 0.29) is 0 Å². The number of rotatable bonds is 4. The molecule has 0 aromatic rings. The minimum atomic E-state index is 0.753. The fourth-order valence-electron chi connectivity index (χ4n) is 0.739. The molecule has 0 aliphatic rings. The molecule has 0 saturated heterocycles. The van der Waals surface area contributed by atoms with Crippen LogP contribution in [0.5, 0.6) is 0 Å². The second-order valence-electron chi connectivity index (χ2n) is 2.34. The highest BCUT2D eigenvalue weighted by atomic mass is 127. The number of hydrogen-bond donors (Lipinski definition) is 0. The summed E-state index contributed by atoms with van der Waals surface area (Å²) in [4.78, 5) is 0. The molecule has 0 saturated carbocycles. The molecule has 2 heteroatoms. The molecule has 55 valence electrons. The van der Waals surface area contributed by atoms with Crippen LogP contribution in [0.3, 0.4) is 0 Å². The number of alkyl halides is 1. The maximum atomic E-state index is 2.49. The molecular formula is C7H13I2. The topological polar surface area (TPSA) is 0 Å². The van der Waals surface area contributed by atoms with Crippen molar-refractivity contribution >= 4 is 45.2 Å². The summed E-state index contributed by atoms with van der Waals surface area (Å²) in [6.45, 7) is 4.56. The van der Waals surface area contributed by atoms with Gasteiger partial charge in [-0.15, -0.1) is 0 Å². The predicted molar refractivity (Wildman–Crippen MR) is 60.2 cm³/mol. The van der Waals surface area contributed by atoms with Crippen molar-refractivity contribution < 1.29 is 0 Å². The quantitative estimate of drug-likeness (QED) is 0.534. The SMILES string of the molecule is CCCC(C)C(I)[CH]I. The molecule has 0 heterocycles. The van der Waals surface area contributed by atoms with E-state index in [0.29, 0.717) is 0 Å². The van der Waals surface area contributed by atoms with Gasteiger partial charge in [0.05, 0.1) is 0 Å². The third-order valence-electron chi connectivity index (χ3n) is 1.41. The van der Waals surface area contributed by atoms with E-state index in [1.54, 1.807) is 0 Å². The second-order valence-corrected chi connectivity index (χ2v) is 4.49. The summed E-state index contributed by atoms with van der Waals surface area (Å²) < 4.78 is 3.00. The van der Waals surface area contributed by atoms with Gasteiger partial charge in [-0.25, -0.2) is 0 Å². The highest BCUT2D eigenvalue weighted by Crippen LogP contribution is 2.22. The minimum absolute atomic E-state index is 0.753. The summed E-state index contributed by atoms with van der Waals surface area (Å²) in [7, 11) is 0. The first kappa shape index (κ1) is 10.5. The monoisotopic (exact) mass is 351 g/mol. The van der Waals surface area contributed by atoms with Crippen LogP contribution in [0.1, 0.15) is 26.7 Å². The molecule has 0 nitrogen and oxygen atoms in total. The second kappa shape index (κ2) is 6.19. The standard InChI is InChI=1S/C7H13I2/c1-3-4-6(2)7(9)5-8/h5-7H,3-4H2,1-2H3. The zero-order chi connectivity index (χ0) is 7.28. The molecule has 0 aromatic heterocycles. The highest BCUT2D eigenvalue weighted by Gasteiger charge is 2.10. The summed E-state index contributed by atoms with van der Waals surface area (Å²) in [5.41, 5.74) is 0. The van der Waals surface area contributed by atoms with Gasteiger partial charge < -0.3 is 0 Å². The van der Waals surface area contributed by atoms with Crippen LogP contribution in [0.25, 0.3) is 0 Å². The first-order valence-corrected chi connectivity index (χ1v) is 5.79. The Hall–Kier alpha value is 1.46. The summed E-state index contributed by atoms with van der Waals surface area (Å²) >= 11 is 4.83. The van der Waals surface area contributed by atoms with Gasteiger partial charge in [-0.2, -0.15) is 0 Å². The lowest BCUT2D eigenvalue weighted by Crippen LogP contribution is -2.07. The normalized spacial score (nSPS) is 17.3. The van der Waals surface area contributed by atoms with Crippen molar-refractivity contribution in [1.29, 1.82) is 0 Å². The smallest absolute Gasteiger partial charge is 0.0358 e. The molecular weight excluding hydrogens is 338 g/mol. The minimum Gasteiger partial charge on any atom is -0.0811 e. The van der Waals surface area contributed by atoms with Gasteiger partial charge in [0, 0.05) is 8.35 Å². The Kier molecular flexibility index (Phi) is 7.19. The Morgan fingerprint density at radius 3 is 2.44 bits per heavy atom. The molecule has 0 amide bonds. The molecule has 0 aromatic carbocycles. The lowest BCUT2D eigenvalue weighted by molar-refractivity contribution is 0.550. The molecule has 0 rings (SSSR count). The molecule has 0 fully saturated rings. The summed E-state index contributed by atoms with van der Waals surface area (Å²) in [5.74, 6) is 0.854. The van der Waals surface area contributed by atoms with Gasteiger partial charge in [-0.1, -0.05) is 65.5 Å². The van der Waals surface area contributed by atoms with Gasteiger partial charge >= 0.3 is 0 Å². The van der Waals surface area contributed by atoms with Crippen LogP contribution in [0.4, 0.5) is 0 Å². The van der Waals surface area contributed by atoms with Gasteiger partial charge in [0.25, 0.3) is 0 Å². The average molecular weight is 351 g/mol. The maximum absolute atomic E-state index is 2.49. The molecule has 9 heavy (non-hydrogen) atoms. The summed E-state index contributed by atoms with van der Waals surface area (Å²) in [5, 5.41) is 0. The van der Waals surface area contributed by atoms with Gasteiger partial charge in [-0.3, -0.25) is 0 Å². The Balaban J connectivity index is 3.32. The molecule has 0 aliphatic carbocycles. The van der Waals surface area contributed by atoms with Crippen molar-refractivity contribution in [2.75, 3.05) is 0 Å². The van der Waals surface area contributed by atoms with Crippen molar-refractivity contribution in [3.05, 3.63) is 4.43 Å². The van der Waals surface area contributed by atoms with Crippen molar-refractivity contribution in [3.8, 4) is 0 Å². The van der Waals surface area contributed by atoms with Crippen LogP contribution in [0.15, 0.2) is 0 Å². The van der Waals surface area contributed by atoms with E-state index in [9.17, 15) is 0 Å². The largest absolute Gasteiger partial charge is 0.0811 e.